The highest BCUT2D eigenvalue weighted by atomic mass is 16.5. The van der Waals surface area contributed by atoms with Crippen molar-refractivity contribution in [2.45, 2.75) is 51.4 Å². The minimum absolute atomic E-state index is 0.225. The number of fused-ring (bicyclic) bond motifs is 1. The number of hydrogen-bond donors (Lipinski definition) is 1. The standard InChI is InChI=1S/C31H38N2O2/c1-3-30(17-19-33(22-30)18-15-24-11-14-28-25(21-24)16-20-35-28)31(29(32)34,26-7-5-4-6-8-26)27-12-9-23(2)10-13-27/h4-9,11-14,21,23H,3,10,15-20,22H2,1-2H3,(H2,32,34)/t23?,30-,31?/m1/s1. The molecule has 3 aliphatic rings. The van der Waals surface area contributed by atoms with E-state index in [1.54, 1.807) is 0 Å². The molecule has 0 spiro atoms. The van der Waals surface area contributed by atoms with Crippen molar-refractivity contribution in [3.63, 3.8) is 0 Å². The first kappa shape index (κ1) is 23.9. The Morgan fingerprint density at radius 1 is 1.23 bits per heavy atom. The predicted octanol–water partition coefficient (Wildman–Crippen LogP) is 5.21. The van der Waals surface area contributed by atoms with Crippen molar-refractivity contribution in [1.29, 1.82) is 0 Å². The zero-order valence-electron chi connectivity index (χ0n) is 21.1. The van der Waals surface area contributed by atoms with Gasteiger partial charge in [-0.1, -0.05) is 74.5 Å². The van der Waals surface area contributed by atoms with Crippen LogP contribution in [0, 0.1) is 11.3 Å². The van der Waals surface area contributed by atoms with Crippen molar-refractivity contribution < 1.29 is 9.53 Å². The van der Waals surface area contributed by atoms with E-state index in [9.17, 15) is 4.79 Å². The SMILES string of the molecule is CC[C@@]1(C(C(N)=O)(C2=CCC(C)C=C2)c2ccccc2)CCN(CCc2ccc3c(c2)CCO3)C1. The highest BCUT2D eigenvalue weighted by Gasteiger charge is 2.59. The summed E-state index contributed by atoms with van der Waals surface area (Å²) in [5.74, 6) is 1.30. The van der Waals surface area contributed by atoms with Crippen molar-refractivity contribution in [2.24, 2.45) is 17.1 Å². The van der Waals surface area contributed by atoms with Gasteiger partial charge < -0.3 is 15.4 Å². The predicted molar refractivity (Wildman–Crippen MR) is 141 cm³/mol. The number of carbonyl (C=O) groups is 1. The lowest BCUT2D eigenvalue weighted by molar-refractivity contribution is -0.126. The van der Waals surface area contributed by atoms with E-state index in [0.717, 1.165) is 75.2 Å². The van der Waals surface area contributed by atoms with Crippen LogP contribution in [0.15, 0.2) is 72.3 Å². The molecule has 2 aliphatic heterocycles. The molecule has 0 bridgehead atoms. The highest BCUT2D eigenvalue weighted by molar-refractivity contribution is 5.93. The number of hydrogen-bond acceptors (Lipinski definition) is 3. The number of primary amides is 1. The van der Waals surface area contributed by atoms with Crippen LogP contribution in [0.4, 0.5) is 0 Å². The number of benzene rings is 2. The summed E-state index contributed by atoms with van der Waals surface area (Å²) in [6.45, 7) is 8.09. The average molecular weight is 471 g/mol. The maximum Gasteiger partial charge on any atom is 0.233 e. The summed E-state index contributed by atoms with van der Waals surface area (Å²) in [6, 6.07) is 16.9. The van der Waals surface area contributed by atoms with Gasteiger partial charge in [0.25, 0.3) is 0 Å². The molecule has 5 rings (SSSR count). The minimum Gasteiger partial charge on any atom is -0.493 e. The number of amides is 1. The van der Waals surface area contributed by atoms with Gasteiger partial charge in [0.1, 0.15) is 11.2 Å². The van der Waals surface area contributed by atoms with E-state index in [2.05, 4.69) is 67.3 Å². The molecule has 1 aliphatic carbocycles. The van der Waals surface area contributed by atoms with Gasteiger partial charge in [-0.15, -0.1) is 0 Å². The molecule has 1 fully saturated rings. The topological polar surface area (TPSA) is 55.6 Å². The summed E-state index contributed by atoms with van der Waals surface area (Å²) in [5, 5.41) is 0. The molecule has 1 amide bonds. The van der Waals surface area contributed by atoms with E-state index in [-0.39, 0.29) is 11.3 Å². The Hall–Kier alpha value is -2.85. The van der Waals surface area contributed by atoms with Gasteiger partial charge in [-0.3, -0.25) is 4.79 Å². The van der Waals surface area contributed by atoms with Crippen LogP contribution in [0.25, 0.3) is 0 Å². The normalized spacial score (nSPS) is 25.5. The van der Waals surface area contributed by atoms with Crippen LogP contribution in [-0.2, 0) is 23.1 Å². The van der Waals surface area contributed by atoms with E-state index in [4.69, 9.17) is 10.5 Å². The largest absolute Gasteiger partial charge is 0.493 e. The number of nitrogens with two attached hydrogens (primary N) is 1. The maximum atomic E-state index is 13.7. The fourth-order valence-electron chi connectivity index (χ4n) is 6.71. The summed E-state index contributed by atoms with van der Waals surface area (Å²) < 4.78 is 5.67. The van der Waals surface area contributed by atoms with Crippen LogP contribution < -0.4 is 10.5 Å². The first-order valence-electron chi connectivity index (χ1n) is 13.2. The van der Waals surface area contributed by atoms with Crippen LogP contribution >= 0.6 is 0 Å². The molecule has 2 heterocycles. The number of rotatable bonds is 8. The molecule has 2 aromatic carbocycles. The summed E-state index contributed by atoms with van der Waals surface area (Å²) in [4.78, 5) is 16.2. The summed E-state index contributed by atoms with van der Waals surface area (Å²) in [5.41, 5.74) is 10.1. The molecular weight excluding hydrogens is 432 g/mol. The van der Waals surface area contributed by atoms with Crippen LogP contribution in [-0.4, -0.2) is 37.0 Å². The van der Waals surface area contributed by atoms with Gasteiger partial charge in [0.05, 0.1) is 6.61 Å². The minimum atomic E-state index is -0.834. The first-order chi connectivity index (χ1) is 17.0. The lowest BCUT2D eigenvalue weighted by atomic mass is 9.53. The van der Waals surface area contributed by atoms with Gasteiger partial charge in [-0.05, 0) is 66.5 Å². The number of ether oxygens (including phenoxy) is 1. The Morgan fingerprint density at radius 3 is 2.77 bits per heavy atom. The summed E-state index contributed by atoms with van der Waals surface area (Å²) in [7, 11) is 0. The smallest absolute Gasteiger partial charge is 0.233 e. The van der Waals surface area contributed by atoms with E-state index in [1.807, 2.05) is 18.2 Å². The summed E-state index contributed by atoms with van der Waals surface area (Å²) in [6.07, 6.45) is 11.5. The number of likely N-dealkylation sites (tertiary alicyclic amines) is 1. The fourth-order valence-corrected chi connectivity index (χ4v) is 6.71. The molecule has 4 nitrogen and oxygen atoms in total. The molecule has 2 unspecified atom stereocenters. The van der Waals surface area contributed by atoms with Gasteiger partial charge in [-0.2, -0.15) is 0 Å². The van der Waals surface area contributed by atoms with Crippen LogP contribution in [0.1, 0.15) is 49.8 Å². The van der Waals surface area contributed by atoms with Crippen LogP contribution in [0.3, 0.4) is 0 Å². The van der Waals surface area contributed by atoms with Crippen molar-refractivity contribution in [1.82, 2.24) is 4.90 Å². The van der Waals surface area contributed by atoms with Crippen molar-refractivity contribution >= 4 is 5.91 Å². The highest BCUT2D eigenvalue weighted by Crippen LogP contribution is 2.55. The summed E-state index contributed by atoms with van der Waals surface area (Å²) >= 11 is 0. The molecule has 0 radical (unpaired) electrons. The van der Waals surface area contributed by atoms with Crippen molar-refractivity contribution in [3.05, 3.63) is 89.0 Å². The zero-order chi connectivity index (χ0) is 24.5. The number of nitrogens with zero attached hydrogens (tertiary/aromatic N) is 1. The van der Waals surface area contributed by atoms with Crippen molar-refractivity contribution in [3.8, 4) is 5.75 Å². The molecule has 35 heavy (non-hydrogen) atoms. The Bertz CT molecular complexity index is 1140. The zero-order valence-corrected chi connectivity index (χ0v) is 21.1. The maximum absolute atomic E-state index is 13.7. The second-order valence-electron chi connectivity index (χ2n) is 10.7. The van der Waals surface area contributed by atoms with E-state index >= 15 is 0 Å². The first-order valence-corrected chi connectivity index (χ1v) is 13.2. The Balaban J connectivity index is 1.46. The quantitative estimate of drug-likeness (QED) is 0.576. The van der Waals surface area contributed by atoms with Gasteiger partial charge >= 0.3 is 0 Å². The third kappa shape index (κ3) is 4.12. The molecule has 4 heteroatoms. The molecular formula is C31H38N2O2. The lowest BCUT2D eigenvalue weighted by Gasteiger charge is -2.48. The third-order valence-corrected chi connectivity index (χ3v) is 8.70. The number of carbonyl (C=O) groups excluding carboxylic acids is 1. The Labute approximate surface area is 209 Å². The molecule has 2 N–H and O–H groups in total. The van der Waals surface area contributed by atoms with E-state index in [1.165, 1.54) is 11.1 Å². The molecule has 2 aromatic rings. The van der Waals surface area contributed by atoms with Crippen molar-refractivity contribution in [2.75, 3.05) is 26.2 Å². The Kier molecular flexibility index (Phi) is 6.59. The average Bonchev–Trinajstić information content (AvgIpc) is 3.52. The molecule has 184 valence electrons. The van der Waals surface area contributed by atoms with Gasteiger partial charge in [0.15, 0.2) is 0 Å². The second kappa shape index (κ2) is 9.66. The lowest BCUT2D eigenvalue weighted by Crippen LogP contribution is -2.56. The molecule has 3 atom stereocenters. The third-order valence-electron chi connectivity index (χ3n) is 8.70. The second-order valence-corrected chi connectivity index (χ2v) is 10.7. The van der Waals surface area contributed by atoms with Gasteiger partial charge in [-0.25, -0.2) is 0 Å². The van der Waals surface area contributed by atoms with Crippen LogP contribution in [0.2, 0.25) is 0 Å². The Morgan fingerprint density at radius 2 is 2.06 bits per heavy atom. The molecule has 0 saturated carbocycles. The van der Waals surface area contributed by atoms with Gasteiger partial charge in [0.2, 0.25) is 5.91 Å². The van der Waals surface area contributed by atoms with E-state index < -0.39 is 5.41 Å². The van der Waals surface area contributed by atoms with Crippen LogP contribution in [0.5, 0.6) is 5.75 Å². The number of allylic oxidation sites excluding steroid dienone is 3. The molecule has 1 saturated heterocycles. The monoisotopic (exact) mass is 470 g/mol. The fraction of sp³-hybridized carbons (Fsp3) is 0.452. The molecule has 0 aromatic heterocycles. The van der Waals surface area contributed by atoms with E-state index in [0.29, 0.717) is 5.92 Å². The van der Waals surface area contributed by atoms with Gasteiger partial charge in [0, 0.05) is 24.9 Å².